The predicted molar refractivity (Wildman–Crippen MR) is 127 cm³/mol. The van der Waals surface area contributed by atoms with E-state index in [0.29, 0.717) is 39.4 Å². The number of carbonyl (C=O) groups is 2. The molecule has 1 saturated heterocycles. The van der Waals surface area contributed by atoms with E-state index in [1.807, 2.05) is 6.92 Å². The average Bonchev–Trinajstić information content (AvgIpc) is 3.10. The van der Waals surface area contributed by atoms with Gasteiger partial charge in [0.15, 0.2) is 0 Å². The highest BCUT2D eigenvalue weighted by molar-refractivity contribution is 9.10. The number of pyridine rings is 1. The number of ether oxygens (including phenoxy) is 2. The number of hydrogen-bond acceptors (Lipinski definition) is 6. The number of aliphatic hydroxyl groups is 1. The molecule has 0 spiro atoms. The quantitative estimate of drug-likeness (QED) is 0.290. The van der Waals surface area contributed by atoms with Crippen molar-refractivity contribution in [3.05, 3.63) is 88.2 Å². The van der Waals surface area contributed by atoms with E-state index in [4.69, 9.17) is 9.47 Å². The molecule has 0 saturated carbocycles. The Balaban J connectivity index is 1.87. The first-order chi connectivity index (χ1) is 16.0. The van der Waals surface area contributed by atoms with Crippen molar-refractivity contribution in [1.29, 1.82) is 0 Å². The van der Waals surface area contributed by atoms with Gasteiger partial charge in [0.2, 0.25) is 0 Å². The van der Waals surface area contributed by atoms with Crippen molar-refractivity contribution in [2.45, 2.75) is 13.0 Å². The van der Waals surface area contributed by atoms with Gasteiger partial charge in [-0.15, -0.1) is 0 Å². The molecule has 1 aliphatic heterocycles. The average molecular weight is 509 g/mol. The van der Waals surface area contributed by atoms with Crippen LogP contribution in [0.2, 0.25) is 0 Å². The van der Waals surface area contributed by atoms with E-state index in [2.05, 4.69) is 20.9 Å². The minimum atomic E-state index is -0.827. The van der Waals surface area contributed by atoms with Gasteiger partial charge < -0.3 is 14.6 Å². The lowest BCUT2D eigenvalue weighted by atomic mass is 9.95. The molecule has 0 radical (unpaired) electrons. The molecule has 2 heterocycles. The summed E-state index contributed by atoms with van der Waals surface area (Å²) in [6, 6.07) is 14.5. The first kappa shape index (κ1) is 22.5. The number of nitrogens with zero attached hydrogens (tertiary/aromatic N) is 2. The SMILES string of the molecule is CCOc1ccc(N2C(=O)C(=O)/C(=C(\O)c3ccc(OC)c(Br)c3)C2c2ccncc2)cc1. The molecule has 33 heavy (non-hydrogen) atoms. The lowest BCUT2D eigenvalue weighted by Gasteiger charge is -2.25. The van der Waals surface area contributed by atoms with E-state index in [9.17, 15) is 14.7 Å². The number of Topliss-reactive ketones (excluding diaryl/α,β-unsaturated/α-hetero) is 1. The Kier molecular flexibility index (Phi) is 6.46. The van der Waals surface area contributed by atoms with E-state index in [1.54, 1.807) is 67.0 Å². The van der Waals surface area contributed by atoms with Crippen LogP contribution in [-0.2, 0) is 9.59 Å². The number of hydrogen-bond donors (Lipinski definition) is 1. The zero-order chi connectivity index (χ0) is 23.5. The van der Waals surface area contributed by atoms with E-state index in [-0.39, 0.29) is 11.3 Å². The second-order valence-corrected chi connectivity index (χ2v) is 8.08. The summed E-state index contributed by atoms with van der Waals surface area (Å²) < 4.78 is 11.3. The normalized spacial score (nSPS) is 17.3. The molecule has 1 N–H and O–H groups in total. The Morgan fingerprint density at radius 1 is 1.09 bits per heavy atom. The highest BCUT2D eigenvalue weighted by Gasteiger charge is 2.47. The smallest absolute Gasteiger partial charge is 0.300 e. The summed E-state index contributed by atoms with van der Waals surface area (Å²) in [7, 11) is 1.53. The van der Waals surface area contributed by atoms with Crippen LogP contribution in [0.25, 0.3) is 5.76 Å². The Labute approximate surface area is 199 Å². The number of carbonyl (C=O) groups excluding carboxylic acids is 2. The maximum atomic E-state index is 13.2. The Hall–Kier alpha value is -3.65. The zero-order valence-corrected chi connectivity index (χ0v) is 19.6. The Bertz CT molecular complexity index is 1230. The van der Waals surface area contributed by atoms with Gasteiger partial charge in [0.1, 0.15) is 17.3 Å². The van der Waals surface area contributed by atoms with Crippen LogP contribution in [0.5, 0.6) is 11.5 Å². The van der Waals surface area contributed by atoms with Gasteiger partial charge in [0, 0.05) is 23.6 Å². The van der Waals surface area contributed by atoms with Crippen LogP contribution in [0.1, 0.15) is 24.1 Å². The van der Waals surface area contributed by atoms with Gasteiger partial charge in [0.05, 0.1) is 29.8 Å². The molecule has 0 aliphatic carbocycles. The zero-order valence-electron chi connectivity index (χ0n) is 18.0. The molecule has 3 aromatic rings. The topological polar surface area (TPSA) is 89.0 Å². The van der Waals surface area contributed by atoms with Gasteiger partial charge in [-0.3, -0.25) is 19.5 Å². The van der Waals surface area contributed by atoms with Gasteiger partial charge in [-0.25, -0.2) is 0 Å². The Morgan fingerprint density at radius 3 is 2.39 bits per heavy atom. The molecule has 168 valence electrons. The summed E-state index contributed by atoms with van der Waals surface area (Å²) in [5.74, 6) is -0.536. The third kappa shape index (κ3) is 4.21. The van der Waals surface area contributed by atoms with Crippen LogP contribution in [0.3, 0.4) is 0 Å². The largest absolute Gasteiger partial charge is 0.507 e. The molecule has 1 aliphatic rings. The first-order valence-corrected chi connectivity index (χ1v) is 11.0. The number of benzene rings is 2. The van der Waals surface area contributed by atoms with Crippen molar-refractivity contribution >= 4 is 39.1 Å². The van der Waals surface area contributed by atoms with Crippen molar-refractivity contribution in [3.8, 4) is 11.5 Å². The second-order valence-electron chi connectivity index (χ2n) is 7.23. The maximum Gasteiger partial charge on any atom is 0.300 e. The molecule has 2 aromatic carbocycles. The van der Waals surface area contributed by atoms with Gasteiger partial charge in [-0.1, -0.05) is 0 Å². The van der Waals surface area contributed by atoms with Crippen molar-refractivity contribution in [3.63, 3.8) is 0 Å². The first-order valence-electron chi connectivity index (χ1n) is 10.2. The number of methoxy groups -OCH3 is 1. The third-order valence-electron chi connectivity index (χ3n) is 5.32. The van der Waals surface area contributed by atoms with Gasteiger partial charge >= 0.3 is 0 Å². The summed E-state index contributed by atoms with van der Waals surface area (Å²) in [4.78, 5) is 31.8. The van der Waals surface area contributed by atoms with Gasteiger partial charge in [0.25, 0.3) is 11.7 Å². The maximum absolute atomic E-state index is 13.2. The molecule has 1 fully saturated rings. The second kappa shape index (κ2) is 9.46. The monoisotopic (exact) mass is 508 g/mol. The van der Waals surface area contributed by atoms with E-state index < -0.39 is 17.7 Å². The minimum absolute atomic E-state index is 0.00264. The van der Waals surface area contributed by atoms with E-state index in [1.165, 1.54) is 12.0 Å². The number of aliphatic hydroxyl groups excluding tert-OH is 1. The number of halogens is 1. The van der Waals surface area contributed by atoms with Crippen molar-refractivity contribution in [2.24, 2.45) is 0 Å². The number of aromatic nitrogens is 1. The van der Waals surface area contributed by atoms with Crippen LogP contribution in [0.4, 0.5) is 5.69 Å². The summed E-state index contributed by atoms with van der Waals surface area (Å²) in [5, 5.41) is 11.2. The molecular weight excluding hydrogens is 488 g/mol. The number of rotatable bonds is 6. The van der Waals surface area contributed by atoms with Crippen molar-refractivity contribution in [1.82, 2.24) is 4.98 Å². The molecule has 1 unspecified atom stereocenters. The molecule has 8 heteroatoms. The molecular formula is C25H21BrN2O5. The van der Waals surface area contributed by atoms with Gasteiger partial charge in [-0.2, -0.15) is 0 Å². The number of amides is 1. The van der Waals surface area contributed by atoms with Crippen LogP contribution in [0, 0.1) is 0 Å². The summed E-state index contributed by atoms with van der Waals surface area (Å²) >= 11 is 3.40. The third-order valence-corrected chi connectivity index (χ3v) is 5.94. The van der Waals surface area contributed by atoms with Crippen molar-refractivity contribution in [2.75, 3.05) is 18.6 Å². The fourth-order valence-corrected chi connectivity index (χ4v) is 4.34. The number of ketones is 1. The molecule has 4 rings (SSSR count). The molecule has 1 atom stereocenters. The number of anilines is 1. The lowest BCUT2D eigenvalue weighted by Crippen LogP contribution is -2.29. The predicted octanol–water partition coefficient (Wildman–Crippen LogP) is 4.88. The lowest BCUT2D eigenvalue weighted by molar-refractivity contribution is -0.132. The highest BCUT2D eigenvalue weighted by atomic mass is 79.9. The van der Waals surface area contributed by atoms with Gasteiger partial charge in [-0.05, 0) is 83.0 Å². The molecule has 0 bridgehead atoms. The van der Waals surface area contributed by atoms with Crippen LogP contribution in [0.15, 0.2) is 77.0 Å². The van der Waals surface area contributed by atoms with Crippen molar-refractivity contribution < 1.29 is 24.2 Å². The fourth-order valence-electron chi connectivity index (χ4n) is 3.80. The highest BCUT2D eigenvalue weighted by Crippen LogP contribution is 2.42. The fraction of sp³-hybridized carbons (Fsp3) is 0.160. The van der Waals surface area contributed by atoms with E-state index in [0.717, 1.165) is 0 Å². The van der Waals surface area contributed by atoms with Crippen LogP contribution < -0.4 is 14.4 Å². The molecule has 7 nitrogen and oxygen atoms in total. The summed E-state index contributed by atoms with van der Waals surface area (Å²) in [6.07, 6.45) is 3.16. The van der Waals surface area contributed by atoms with Crippen LogP contribution in [-0.4, -0.2) is 35.5 Å². The molecule has 1 aromatic heterocycles. The summed E-state index contributed by atoms with van der Waals surface area (Å²) in [6.45, 7) is 2.39. The standard InChI is InChI=1S/C25H21BrN2O5/c1-3-33-18-7-5-17(6-8-18)28-22(15-10-12-27-13-11-15)21(24(30)25(28)31)23(29)16-4-9-20(32-2)19(26)14-16/h4-14,22,29H,3H2,1-2H3/b23-21-. The molecule has 1 amide bonds. The summed E-state index contributed by atoms with van der Waals surface area (Å²) in [5.41, 5.74) is 1.54. The minimum Gasteiger partial charge on any atom is -0.507 e. The van der Waals surface area contributed by atoms with Crippen LogP contribution >= 0.6 is 15.9 Å². The Morgan fingerprint density at radius 2 is 1.79 bits per heavy atom. The van der Waals surface area contributed by atoms with E-state index >= 15 is 0 Å².